The molecular formula is C11H18N4OS2. The minimum atomic E-state index is -0.120. The molecule has 1 heterocycles. The lowest BCUT2D eigenvalue weighted by Gasteiger charge is -2.08. The van der Waals surface area contributed by atoms with E-state index in [-0.39, 0.29) is 11.2 Å². The van der Waals surface area contributed by atoms with Crippen LogP contribution in [0.3, 0.4) is 0 Å². The van der Waals surface area contributed by atoms with Crippen molar-refractivity contribution in [1.29, 1.82) is 0 Å². The molecule has 7 heteroatoms. The van der Waals surface area contributed by atoms with E-state index < -0.39 is 0 Å². The molecule has 1 amide bonds. The zero-order chi connectivity index (χ0) is 13.1. The van der Waals surface area contributed by atoms with E-state index in [0.29, 0.717) is 12.1 Å². The SMILES string of the molecule is CC(C)Nc1nnc(SC(C)C(=O)NC2CC2)s1. The van der Waals surface area contributed by atoms with Gasteiger partial charge in [0.25, 0.3) is 0 Å². The minimum Gasteiger partial charge on any atom is -0.358 e. The Balaban J connectivity index is 1.83. The first-order valence-electron chi connectivity index (χ1n) is 6.11. The van der Waals surface area contributed by atoms with Crippen LogP contribution < -0.4 is 10.6 Å². The molecule has 0 spiro atoms. The van der Waals surface area contributed by atoms with Crippen LogP contribution in [0.25, 0.3) is 0 Å². The first kappa shape index (κ1) is 13.6. The Labute approximate surface area is 115 Å². The second-order valence-electron chi connectivity index (χ2n) is 4.72. The second kappa shape index (κ2) is 5.88. The Morgan fingerprint density at radius 3 is 2.72 bits per heavy atom. The van der Waals surface area contributed by atoms with Gasteiger partial charge in [0.15, 0.2) is 4.34 Å². The van der Waals surface area contributed by atoms with Gasteiger partial charge in [0, 0.05) is 12.1 Å². The van der Waals surface area contributed by atoms with Crippen molar-refractivity contribution in [2.24, 2.45) is 0 Å². The van der Waals surface area contributed by atoms with Crippen LogP contribution in [-0.4, -0.2) is 33.4 Å². The van der Waals surface area contributed by atoms with Crippen molar-refractivity contribution < 1.29 is 4.79 Å². The molecule has 2 rings (SSSR count). The fourth-order valence-corrected chi connectivity index (χ4v) is 3.36. The van der Waals surface area contributed by atoms with Crippen LogP contribution in [0.4, 0.5) is 5.13 Å². The van der Waals surface area contributed by atoms with Crippen LogP contribution in [0.5, 0.6) is 0 Å². The molecule has 0 saturated heterocycles. The zero-order valence-electron chi connectivity index (χ0n) is 10.8. The maximum Gasteiger partial charge on any atom is 0.233 e. The Bertz CT molecular complexity index is 417. The number of carbonyl (C=O) groups excluding carboxylic acids is 1. The number of hydrogen-bond acceptors (Lipinski definition) is 6. The highest BCUT2D eigenvalue weighted by Crippen LogP contribution is 2.29. The van der Waals surface area contributed by atoms with Crippen molar-refractivity contribution in [1.82, 2.24) is 15.5 Å². The lowest BCUT2D eigenvalue weighted by atomic mass is 10.4. The lowest BCUT2D eigenvalue weighted by Crippen LogP contribution is -2.32. The summed E-state index contributed by atoms with van der Waals surface area (Å²) < 4.78 is 0.830. The van der Waals surface area contributed by atoms with E-state index in [1.54, 1.807) is 0 Å². The van der Waals surface area contributed by atoms with Gasteiger partial charge in [-0.1, -0.05) is 23.1 Å². The molecule has 2 N–H and O–H groups in total. The van der Waals surface area contributed by atoms with Gasteiger partial charge in [-0.15, -0.1) is 10.2 Å². The third-order valence-electron chi connectivity index (χ3n) is 2.39. The maximum absolute atomic E-state index is 11.8. The number of nitrogens with one attached hydrogen (secondary N) is 2. The van der Waals surface area contributed by atoms with Crippen molar-refractivity contribution >= 4 is 34.1 Å². The maximum atomic E-state index is 11.8. The fraction of sp³-hybridized carbons (Fsp3) is 0.727. The van der Waals surface area contributed by atoms with Crippen molar-refractivity contribution in [2.45, 2.75) is 55.3 Å². The number of hydrogen-bond donors (Lipinski definition) is 2. The number of amides is 1. The molecule has 1 saturated carbocycles. The highest BCUT2D eigenvalue weighted by atomic mass is 32.2. The molecule has 0 radical (unpaired) electrons. The molecule has 100 valence electrons. The lowest BCUT2D eigenvalue weighted by molar-refractivity contribution is -0.120. The standard InChI is InChI=1S/C11H18N4OS2/c1-6(2)12-10-14-15-11(18-10)17-7(3)9(16)13-8-4-5-8/h6-8H,4-5H2,1-3H3,(H,12,14)(H,13,16). The summed E-state index contributed by atoms with van der Waals surface area (Å²) in [5.74, 6) is 0.0936. The summed E-state index contributed by atoms with van der Waals surface area (Å²) in [5, 5.41) is 15.0. The molecule has 1 aromatic heterocycles. The summed E-state index contributed by atoms with van der Waals surface area (Å²) in [4.78, 5) is 11.8. The smallest absolute Gasteiger partial charge is 0.233 e. The Hall–Kier alpha value is -0.820. The molecule has 0 aliphatic heterocycles. The Kier molecular flexibility index (Phi) is 4.45. The van der Waals surface area contributed by atoms with E-state index in [4.69, 9.17) is 0 Å². The van der Waals surface area contributed by atoms with Crippen LogP contribution in [0.2, 0.25) is 0 Å². The molecule has 1 atom stereocenters. The molecule has 1 unspecified atom stereocenters. The van der Waals surface area contributed by atoms with Crippen LogP contribution in [0.15, 0.2) is 4.34 Å². The third kappa shape index (κ3) is 4.13. The van der Waals surface area contributed by atoms with E-state index >= 15 is 0 Å². The van der Waals surface area contributed by atoms with Gasteiger partial charge in [-0.25, -0.2) is 0 Å². The van der Waals surface area contributed by atoms with Crippen molar-refractivity contribution in [2.75, 3.05) is 5.32 Å². The van der Waals surface area contributed by atoms with Crippen LogP contribution in [0.1, 0.15) is 33.6 Å². The molecular weight excluding hydrogens is 268 g/mol. The molecule has 18 heavy (non-hydrogen) atoms. The van der Waals surface area contributed by atoms with Crippen LogP contribution in [-0.2, 0) is 4.79 Å². The molecule has 5 nitrogen and oxygen atoms in total. The van der Waals surface area contributed by atoms with Gasteiger partial charge >= 0.3 is 0 Å². The van der Waals surface area contributed by atoms with E-state index in [2.05, 4.69) is 34.7 Å². The summed E-state index contributed by atoms with van der Waals surface area (Å²) in [5.41, 5.74) is 0. The van der Waals surface area contributed by atoms with Gasteiger partial charge in [0.2, 0.25) is 11.0 Å². The summed E-state index contributed by atoms with van der Waals surface area (Å²) in [6.45, 7) is 6.01. The van der Waals surface area contributed by atoms with Crippen molar-refractivity contribution in [3.63, 3.8) is 0 Å². The van der Waals surface area contributed by atoms with Crippen LogP contribution in [0, 0.1) is 0 Å². The number of aromatic nitrogens is 2. The molecule has 0 bridgehead atoms. The van der Waals surface area contributed by atoms with Gasteiger partial charge in [0.05, 0.1) is 5.25 Å². The molecule has 0 aromatic carbocycles. The number of rotatable bonds is 6. The molecule has 1 aliphatic carbocycles. The van der Waals surface area contributed by atoms with Gasteiger partial charge in [0.1, 0.15) is 0 Å². The minimum absolute atomic E-state index is 0.0936. The van der Waals surface area contributed by atoms with Gasteiger partial charge in [-0.2, -0.15) is 0 Å². The molecule has 1 aromatic rings. The van der Waals surface area contributed by atoms with Gasteiger partial charge < -0.3 is 10.6 Å². The quantitative estimate of drug-likeness (QED) is 0.784. The highest BCUT2D eigenvalue weighted by Gasteiger charge is 2.26. The Morgan fingerprint density at radius 1 is 1.39 bits per heavy atom. The van der Waals surface area contributed by atoms with E-state index in [1.165, 1.54) is 23.1 Å². The number of thioether (sulfide) groups is 1. The van der Waals surface area contributed by atoms with Crippen molar-refractivity contribution in [3.8, 4) is 0 Å². The molecule has 1 aliphatic rings. The predicted octanol–water partition coefficient (Wildman–Crippen LogP) is 2.12. The van der Waals surface area contributed by atoms with E-state index in [9.17, 15) is 4.79 Å². The van der Waals surface area contributed by atoms with E-state index in [1.807, 2.05) is 6.92 Å². The monoisotopic (exact) mass is 286 g/mol. The Morgan fingerprint density at radius 2 is 2.11 bits per heavy atom. The normalized spacial score (nSPS) is 16.7. The van der Waals surface area contributed by atoms with Gasteiger partial charge in [-0.05, 0) is 33.6 Å². The zero-order valence-corrected chi connectivity index (χ0v) is 12.4. The summed E-state index contributed by atoms with van der Waals surface area (Å²) >= 11 is 2.95. The topological polar surface area (TPSA) is 66.9 Å². The molecule has 1 fully saturated rings. The predicted molar refractivity (Wildman–Crippen MR) is 75.2 cm³/mol. The number of nitrogens with zero attached hydrogens (tertiary/aromatic N) is 2. The third-order valence-corrected chi connectivity index (χ3v) is 4.43. The highest BCUT2D eigenvalue weighted by molar-refractivity contribution is 8.02. The van der Waals surface area contributed by atoms with Gasteiger partial charge in [-0.3, -0.25) is 4.79 Å². The summed E-state index contributed by atoms with van der Waals surface area (Å²) in [6.07, 6.45) is 2.23. The largest absolute Gasteiger partial charge is 0.358 e. The fourth-order valence-electron chi connectivity index (χ4n) is 1.31. The summed E-state index contributed by atoms with van der Waals surface area (Å²) in [7, 11) is 0. The number of anilines is 1. The van der Waals surface area contributed by atoms with Crippen molar-refractivity contribution in [3.05, 3.63) is 0 Å². The average molecular weight is 286 g/mol. The van der Waals surface area contributed by atoms with Crippen LogP contribution >= 0.6 is 23.1 Å². The number of carbonyl (C=O) groups is 1. The first-order valence-corrected chi connectivity index (χ1v) is 7.81. The first-order chi connectivity index (χ1) is 8.54. The van der Waals surface area contributed by atoms with E-state index in [0.717, 1.165) is 22.3 Å². The second-order valence-corrected chi connectivity index (χ2v) is 7.28. The average Bonchev–Trinajstić information content (AvgIpc) is 2.99. The summed E-state index contributed by atoms with van der Waals surface area (Å²) in [6, 6.07) is 0.750.